The summed E-state index contributed by atoms with van der Waals surface area (Å²) in [6.45, 7) is 1.64. The minimum Gasteiger partial charge on any atom is -0.354 e. The lowest BCUT2D eigenvalue weighted by atomic mass is 10.0. The van der Waals surface area contributed by atoms with Crippen molar-refractivity contribution in [3.63, 3.8) is 0 Å². The Labute approximate surface area is 255 Å². The van der Waals surface area contributed by atoms with Crippen LogP contribution in [0.1, 0.15) is 24.5 Å². The molecule has 0 aliphatic rings. The smallest absolute Gasteiger partial charge is 0.244 e. The molecular formula is C28H29Cl4N3O4S. The fourth-order valence-electron chi connectivity index (χ4n) is 4.03. The number of carbonyl (C=O) groups is 2. The standard InChI is InChI=1S/C28H29Cl4N3O4S/c1-3-13-33-28(37)26(14-19-7-5-4-6-8-19)34(17-20-9-10-21(29)15-23(20)31)27(36)18-35(40(2,38)39)25-12-11-22(30)16-24(25)32/h4-12,15-16,26H,3,13-14,17-18H2,1-2H3,(H,33,37)/t26-/m0/s1. The van der Waals surface area contributed by atoms with E-state index >= 15 is 0 Å². The average Bonchev–Trinajstić information content (AvgIpc) is 2.89. The first kappa shape index (κ1) is 32.0. The molecule has 0 aliphatic carbocycles. The largest absolute Gasteiger partial charge is 0.354 e. The molecule has 12 heteroatoms. The van der Waals surface area contributed by atoms with Crippen LogP contribution in [0.2, 0.25) is 20.1 Å². The lowest BCUT2D eigenvalue weighted by Gasteiger charge is -2.34. The molecule has 2 amide bonds. The van der Waals surface area contributed by atoms with E-state index in [1.54, 1.807) is 18.2 Å². The zero-order valence-corrected chi connectivity index (χ0v) is 25.8. The molecule has 214 valence electrons. The molecule has 0 spiro atoms. The van der Waals surface area contributed by atoms with Gasteiger partial charge >= 0.3 is 0 Å². The average molecular weight is 645 g/mol. The van der Waals surface area contributed by atoms with Gasteiger partial charge in [0.05, 0.1) is 17.0 Å². The minimum atomic E-state index is -3.97. The summed E-state index contributed by atoms with van der Waals surface area (Å²) in [5.74, 6) is -1.00. The van der Waals surface area contributed by atoms with E-state index < -0.39 is 28.5 Å². The van der Waals surface area contributed by atoms with E-state index in [9.17, 15) is 18.0 Å². The van der Waals surface area contributed by atoms with Crippen molar-refractivity contribution in [3.05, 3.63) is 97.9 Å². The van der Waals surface area contributed by atoms with Crippen molar-refractivity contribution in [3.8, 4) is 0 Å². The summed E-state index contributed by atoms with van der Waals surface area (Å²) in [6, 6.07) is 17.4. The Hall–Kier alpha value is -2.49. The summed E-state index contributed by atoms with van der Waals surface area (Å²) >= 11 is 24.9. The molecule has 1 atom stereocenters. The number of halogens is 4. The van der Waals surface area contributed by atoms with Gasteiger partial charge in [-0.15, -0.1) is 0 Å². The molecule has 0 radical (unpaired) electrons. The van der Waals surface area contributed by atoms with E-state index in [4.69, 9.17) is 46.4 Å². The summed E-state index contributed by atoms with van der Waals surface area (Å²) in [5, 5.41) is 3.95. The highest BCUT2D eigenvalue weighted by molar-refractivity contribution is 7.92. The maximum Gasteiger partial charge on any atom is 0.244 e. The summed E-state index contributed by atoms with van der Waals surface area (Å²) < 4.78 is 26.6. The summed E-state index contributed by atoms with van der Waals surface area (Å²) in [7, 11) is -3.97. The van der Waals surface area contributed by atoms with Gasteiger partial charge in [-0.25, -0.2) is 8.42 Å². The van der Waals surface area contributed by atoms with Gasteiger partial charge in [0.2, 0.25) is 21.8 Å². The number of hydrogen-bond donors (Lipinski definition) is 1. The first-order valence-corrected chi connectivity index (χ1v) is 15.7. The molecule has 3 aromatic carbocycles. The molecule has 0 fully saturated rings. The number of anilines is 1. The van der Waals surface area contributed by atoms with Crippen molar-refractivity contribution in [2.75, 3.05) is 23.7 Å². The normalized spacial score (nSPS) is 12.1. The van der Waals surface area contributed by atoms with Gasteiger partial charge in [0.1, 0.15) is 12.6 Å². The van der Waals surface area contributed by atoms with E-state index in [1.807, 2.05) is 37.3 Å². The molecule has 0 bridgehead atoms. The number of benzene rings is 3. The molecule has 0 saturated carbocycles. The maximum atomic E-state index is 14.0. The maximum absolute atomic E-state index is 14.0. The van der Waals surface area contributed by atoms with Gasteiger partial charge in [-0.3, -0.25) is 13.9 Å². The highest BCUT2D eigenvalue weighted by Crippen LogP contribution is 2.31. The van der Waals surface area contributed by atoms with Gasteiger partial charge in [0.15, 0.2) is 0 Å². The molecule has 3 aromatic rings. The lowest BCUT2D eigenvalue weighted by molar-refractivity contribution is -0.140. The number of rotatable bonds is 12. The summed E-state index contributed by atoms with van der Waals surface area (Å²) in [5.41, 5.74) is 1.44. The Morgan fingerprint density at radius 1 is 0.900 bits per heavy atom. The van der Waals surface area contributed by atoms with Crippen molar-refractivity contribution >= 4 is 73.9 Å². The zero-order valence-electron chi connectivity index (χ0n) is 21.9. The van der Waals surface area contributed by atoms with Crippen molar-refractivity contribution in [2.45, 2.75) is 32.4 Å². The Morgan fingerprint density at radius 2 is 1.52 bits per heavy atom. The van der Waals surface area contributed by atoms with Crippen LogP contribution in [0, 0.1) is 0 Å². The van der Waals surface area contributed by atoms with Gasteiger partial charge in [0, 0.05) is 34.6 Å². The Morgan fingerprint density at radius 3 is 2.10 bits per heavy atom. The van der Waals surface area contributed by atoms with Crippen molar-refractivity contribution < 1.29 is 18.0 Å². The van der Waals surface area contributed by atoms with Gasteiger partial charge in [-0.1, -0.05) is 89.7 Å². The van der Waals surface area contributed by atoms with Gasteiger partial charge in [0.25, 0.3) is 0 Å². The van der Waals surface area contributed by atoms with E-state index in [0.29, 0.717) is 33.6 Å². The lowest BCUT2D eigenvalue weighted by Crippen LogP contribution is -2.53. The molecule has 7 nitrogen and oxygen atoms in total. The second-order valence-electron chi connectivity index (χ2n) is 9.12. The Bertz CT molecular complexity index is 1460. The molecule has 1 N–H and O–H groups in total. The quantitative estimate of drug-likeness (QED) is 0.253. The summed E-state index contributed by atoms with van der Waals surface area (Å²) in [6.07, 6.45) is 1.85. The van der Waals surface area contributed by atoms with Crippen LogP contribution in [-0.2, 0) is 32.6 Å². The van der Waals surface area contributed by atoms with Crippen LogP contribution < -0.4 is 9.62 Å². The first-order chi connectivity index (χ1) is 18.9. The molecular weight excluding hydrogens is 616 g/mol. The van der Waals surface area contributed by atoms with E-state index in [2.05, 4.69) is 5.32 Å². The van der Waals surface area contributed by atoms with Crippen molar-refractivity contribution in [1.82, 2.24) is 10.2 Å². The first-order valence-electron chi connectivity index (χ1n) is 12.4. The fraction of sp³-hybridized carbons (Fsp3) is 0.286. The second-order valence-corrected chi connectivity index (χ2v) is 12.7. The number of amides is 2. The predicted molar refractivity (Wildman–Crippen MR) is 163 cm³/mol. The third kappa shape index (κ3) is 8.75. The van der Waals surface area contributed by atoms with Crippen LogP contribution in [0.5, 0.6) is 0 Å². The molecule has 0 heterocycles. The fourth-order valence-corrected chi connectivity index (χ4v) is 5.92. The monoisotopic (exact) mass is 643 g/mol. The van der Waals surface area contributed by atoms with Crippen LogP contribution in [0.3, 0.4) is 0 Å². The van der Waals surface area contributed by atoms with Crippen molar-refractivity contribution in [2.24, 2.45) is 0 Å². The van der Waals surface area contributed by atoms with E-state index in [-0.39, 0.29) is 29.6 Å². The minimum absolute atomic E-state index is 0.0551. The van der Waals surface area contributed by atoms with Crippen LogP contribution in [0.25, 0.3) is 0 Å². The predicted octanol–water partition coefficient (Wildman–Crippen LogP) is 6.23. The molecule has 40 heavy (non-hydrogen) atoms. The number of nitrogens with zero attached hydrogens (tertiary/aromatic N) is 2. The molecule has 0 saturated heterocycles. The number of nitrogens with one attached hydrogen (secondary N) is 1. The third-order valence-electron chi connectivity index (χ3n) is 6.03. The second kappa shape index (κ2) is 14.4. The highest BCUT2D eigenvalue weighted by Gasteiger charge is 2.33. The van der Waals surface area contributed by atoms with Gasteiger partial charge in [-0.2, -0.15) is 0 Å². The highest BCUT2D eigenvalue weighted by atomic mass is 35.5. The van der Waals surface area contributed by atoms with Crippen LogP contribution in [-0.4, -0.2) is 50.5 Å². The van der Waals surface area contributed by atoms with E-state index in [1.165, 1.54) is 23.1 Å². The third-order valence-corrected chi connectivity index (χ3v) is 8.28. The number of sulfonamides is 1. The van der Waals surface area contributed by atoms with Crippen LogP contribution in [0.4, 0.5) is 5.69 Å². The van der Waals surface area contributed by atoms with Gasteiger partial charge < -0.3 is 10.2 Å². The Kier molecular flexibility index (Phi) is 11.5. The molecule has 0 aliphatic heterocycles. The number of carbonyl (C=O) groups excluding carboxylic acids is 2. The summed E-state index contributed by atoms with van der Waals surface area (Å²) in [4.78, 5) is 28.9. The number of hydrogen-bond acceptors (Lipinski definition) is 4. The topological polar surface area (TPSA) is 86.8 Å². The molecule has 0 unspecified atom stereocenters. The van der Waals surface area contributed by atoms with Crippen LogP contribution in [0.15, 0.2) is 66.7 Å². The van der Waals surface area contributed by atoms with Crippen LogP contribution >= 0.6 is 46.4 Å². The Balaban J connectivity index is 2.09. The van der Waals surface area contributed by atoms with Crippen molar-refractivity contribution in [1.29, 1.82) is 0 Å². The van der Waals surface area contributed by atoms with E-state index in [0.717, 1.165) is 16.1 Å². The SMILES string of the molecule is CCCNC(=O)[C@H](Cc1ccccc1)N(Cc1ccc(Cl)cc1Cl)C(=O)CN(c1ccc(Cl)cc1Cl)S(C)(=O)=O. The molecule has 3 rings (SSSR count). The molecule has 0 aromatic heterocycles. The zero-order chi connectivity index (χ0) is 29.4. The van der Waals surface area contributed by atoms with Gasteiger partial charge in [-0.05, 0) is 47.9 Å².